The smallest absolute Gasteiger partial charge is 0.165 e. The second-order valence-corrected chi connectivity index (χ2v) is 10.1. The van der Waals surface area contributed by atoms with Crippen LogP contribution in [0.25, 0.3) is 39.5 Å². The first-order valence-electron chi connectivity index (χ1n) is 14.3. The lowest BCUT2D eigenvalue weighted by Crippen LogP contribution is -2.11. The van der Waals surface area contributed by atoms with Gasteiger partial charge in [0.25, 0.3) is 0 Å². The van der Waals surface area contributed by atoms with E-state index in [1.165, 1.54) is 0 Å². The van der Waals surface area contributed by atoms with E-state index in [4.69, 9.17) is 21.4 Å². The van der Waals surface area contributed by atoms with E-state index in [0.29, 0.717) is 29.8 Å². The molecular weight excluding hydrogens is 518 g/mol. The lowest BCUT2D eigenvalue weighted by Gasteiger charge is -2.14. The number of nitrogens with zero attached hydrogens (tertiary/aromatic N) is 4. The van der Waals surface area contributed by atoms with Crippen molar-refractivity contribution >= 4 is 33.9 Å². The Hall–Kier alpha value is -5.17. The number of allylic oxidation sites excluding steroid dienone is 4. The first-order chi connectivity index (χ1) is 20.5. The summed E-state index contributed by atoms with van der Waals surface area (Å²) in [5, 5.41) is 3.40. The van der Waals surface area contributed by atoms with Crippen LogP contribution in [0, 0.1) is 5.92 Å². The number of imidazole rings is 1. The second kappa shape index (κ2) is 12.6. The van der Waals surface area contributed by atoms with Crippen molar-refractivity contribution in [2.24, 2.45) is 5.92 Å². The fraction of sp³-hybridized carbons (Fsp3) is 0.171. The highest BCUT2D eigenvalue weighted by Crippen LogP contribution is 2.32. The van der Waals surface area contributed by atoms with Crippen LogP contribution in [0.15, 0.2) is 104 Å². The van der Waals surface area contributed by atoms with Crippen molar-refractivity contribution in [1.29, 1.82) is 0 Å². The Bertz CT molecular complexity index is 1780. The van der Waals surface area contributed by atoms with Crippen LogP contribution in [-0.2, 0) is 6.54 Å². The monoisotopic (exact) mass is 555 g/mol. The lowest BCUT2D eigenvalue weighted by molar-refractivity contribution is 0.738. The zero-order chi connectivity index (χ0) is 29.6. The van der Waals surface area contributed by atoms with Crippen molar-refractivity contribution in [3.8, 4) is 17.1 Å². The standard InChI is InChI=1S/C33H31N7.C2H6/c1-21-8-12-24(13-9-21)29-16-17-30-33(38-29)40(32(39-30)28-7-4-18-36-31(28)35)27-14-10-23(11-15-27)20-37-22(2)25-5-3-6-26(34)19-25;1-2/h3-8,10-19,21,37H,2,9,20,34H2,1H3,(H2,35,36);1-2H3. The molecule has 212 valence electrons. The minimum Gasteiger partial charge on any atom is -0.399 e. The molecule has 0 fully saturated rings. The zero-order valence-electron chi connectivity index (χ0n) is 24.4. The normalized spacial score (nSPS) is 14.2. The highest BCUT2D eigenvalue weighted by atomic mass is 15.1. The van der Waals surface area contributed by atoms with Crippen molar-refractivity contribution in [3.63, 3.8) is 0 Å². The molecule has 0 spiro atoms. The fourth-order valence-electron chi connectivity index (χ4n) is 4.87. The topological polar surface area (TPSA) is 108 Å². The maximum atomic E-state index is 6.30. The summed E-state index contributed by atoms with van der Waals surface area (Å²) in [6.07, 6.45) is 9.32. The summed E-state index contributed by atoms with van der Waals surface area (Å²) in [6, 6.07) is 23.9. The SMILES string of the molecule is C=C(NCc1ccc(-n2c(-c3cccnc3N)nc3ccc(C4=CCC(C)C=C4)nc32)cc1)c1cccc(N)c1.CC. The minimum absolute atomic E-state index is 0.423. The summed E-state index contributed by atoms with van der Waals surface area (Å²) in [5.74, 6) is 1.66. The van der Waals surface area contributed by atoms with Crippen LogP contribution in [0.2, 0.25) is 0 Å². The molecule has 7 nitrogen and oxygen atoms in total. The summed E-state index contributed by atoms with van der Waals surface area (Å²) in [5.41, 5.74) is 21.1. The molecule has 3 heterocycles. The molecule has 0 saturated heterocycles. The van der Waals surface area contributed by atoms with Gasteiger partial charge >= 0.3 is 0 Å². The Morgan fingerprint density at radius 3 is 2.52 bits per heavy atom. The summed E-state index contributed by atoms with van der Waals surface area (Å²) in [4.78, 5) is 14.3. The van der Waals surface area contributed by atoms with Gasteiger partial charge in [-0.1, -0.05) is 69.8 Å². The molecule has 6 rings (SSSR count). The van der Waals surface area contributed by atoms with Crippen LogP contribution in [0.3, 0.4) is 0 Å². The Morgan fingerprint density at radius 2 is 1.81 bits per heavy atom. The van der Waals surface area contributed by atoms with Crippen LogP contribution in [-0.4, -0.2) is 19.5 Å². The highest BCUT2D eigenvalue weighted by Gasteiger charge is 2.19. The third-order valence-electron chi connectivity index (χ3n) is 7.13. The molecule has 0 bridgehead atoms. The van der Waals surface area contributed by atoms with Crippen molar-refractivity contribution in [1.82, 2.24) is 24.8 Å². The molecule has 42 heavy (non-hydrogen) atoms. The fourth-order valence-corrected chi connectivity index (χ4v) is 4.87. The lowest BCUT2D eigenvalue weighted by atomic mass is 9.97. The maximum Gasteiger partial charge on any atom is 0.165 e. The van der Waals surface area contributed by atoms with Crippen LogP contribution in [0.1, 0.15) is 44.0 Å². The Balaban J connectivity index is 0.00000173. The van der Waals surface area contributed by atoms with E-state index in [1.54, 1.807) is 6.20 Å². The van der Waals surface area contributed by atoms with E-state index >= 15 is 0 Å². The first-order valence-corrected chi connectivity index (χ1v) is 14.3. The Labute approximate surface area is 247 Å². The number of anilines is 2. The predicted octanol–water partition coefficient (Wildman–Crippen LogP) is 7.41. The number of fused-ring (bicyclic) bond motifs is 1. The third kappa shape index (κ3) is 5.95. The van der Waals surface area contributed by atoms with E-state index in [9.17, 15) is 0 Å². The number of pyridine rings is 2. The van der Waals surface area contributed by atoms with E-state index in [-0.39, 0.29) is 0 Å². The molecule has 1 aliphatic carbocycles. The van der Waals surface area contributed by atoms with Gasteiger partial charge < -0.3 is 16.8 Å². The quantitative estimate of drug-likeness (QED) is 0.180. The maximum absolute atomic E-state index is 6.30. The van der Waals surface area contributed by atoms with Crippen molar-refractivity contribution in [3.05, 3.63) is 121 Å². The Kier molecular flexibility index (Phi) is 8.48. The number of hydrogen-bond donors (Lipinski definition) is 3. The molecule has 3 aromatic heterocycles. The van der Waals surface area contributed by atoms with Gasteiger partial charge in [0.05, 0.1) is 11.3 Å². The van der Waals surface area contributed by atoms with Crippen LogP contribution in [0.4, 0.5) is 11.5 Å². The predicted molar refractivity (Wildman–Crippen MR) is 175 cm³/mol. The van der Waals surface area contributed by atoms with Gasteiger partial charge in [-0.05, 0) is 77.6 Å². The molecule has 1 unspecified atom stereocenters. The molecule has 5 aromatic rings. The molecule has 1 atom stereocenters. The summed E-state index contributed by atoms with van der Waals surface area (Å²) >= 11 is 0. The first kappa shape index (κ1) is 28.4. The molecule has 0 saturated carbocycles. The number of hydrogen-bond acceptors (Lipinski definition) is 6. The largest absolute Gasteiger partial charge is 0.399 e. The summed E-state index contributed by atoms with van der Waals surface area (Å²) < 4.78 is 2.06. The van der Waals surface area contributed by atoms with Gasteiger partial charge in [-0.2, -0.15) is 0 Å². The van der Waals surface area contributed by atoms with Crippen LogP contribution >= 0.6 is 0 Å². The van der Waals surface area contributed by atoms with Crippen LogP contribution in [0.5, 0.6) is 0 Å². The average Bonchev–Trinajstić information content (AvgIpc) is 3.40. The van der Waals surface area contributed by atoms with Gasteiger partial charge in [0.15, 0.2) is 11.5 Å². The van der Waals surface area contributed by atoms with Gasteiger partial charge in [-0.3, -0.25) is 4.57 Å². The molecule has 2 aromatic carbocycles. The van der Waals surface area contributed by atoms with Gasteiger partial charge in [-0.25, -0.2) is 15.0 Å². The van der Waals surface area contributed by atoms with Gasteiger partial charge in [0, 0.05) is 29.8 Å². The number of aromatic nitrogens is 4. The summed E-state index contributed by atoms with van der Waals surface area (Å²) in [7, 11) is 0. The zero-order valence-corrected chi connectivity index (χ0v) is 24.4. The molecule has 0 amide bonds. The van der Waals surface area contributed by atoms with Gasteiger partial charge in [0.2, 0.25) is 0 Å². The summed E-state index contributed by atoms with van der Waals surface area (Å²) in [6.45, 7) is 11.0. The molecule has 7 heteroatoms. The van der Waals surface area contributed by atoms with Gasteiger partial charge in [-0.15, -0.1) is 0 Å². The number of rotatable bonds is 7. The van der Waals surface area contributed by atoms with E-state index < -0.39 is 0 Å². The number of nitrogens with two attached hydrogens (primary N) is 2. The van der Waals surface area contributed by atoms with E-state index in [2.05, 4.69) is 70.9 Å². The molecule has 0 radical (unpaired) electrons. The van der Waals surface area contributed by atoms with Gasteiger partial charge in [0.1, 0.15) is 11.3 Å². The van der Waals surface area contributed by atoms with E-state index in [0.717, 1.165) is 56.9 Å². The number of nitrogen functional groups attached to an aromatic ring is 2. The molecule has 1 aliphatic rings. The number of nitrogens with one attached hydrogen (secondary N) is 1. The van der Waals surface area contributed by atoms with Crippen molar-refractivity contribution in [2.45, 2.75) is 33.7 Å². The molecular formula is C35H37N7. The highest BCUT2D eigenvalue weighted by molar-refractivity contribution is 5.85. The molecule has 5 N–H and O–H groups in total. The average molecular weight is 556 g/mol. The van der Waals surface area contributed by atoms with E-state index in [1.807, 2.05) is 62.4 Å². The van der Waals surface area contributed by atoms with Crippen molar-refractivity contribution < 1.29 is 0 Å². The second-order valence-electron chi connectivity index (χ2n) is 10.1. The Morgan fingerprint density at radius 1 is 1.00 bits per heavy atom. The third-order valence-corrected chi connectivity index (χ3v) is 7.13. The van der Waals surface area contributed by atoms with Crippen molar-refractivity contribution in [2.75, 3.05) is 11.5 Å². The molecule has 0 aliphatic heterocycles. The minimum atomic E-state index is 0.423. The van der Waals surface area contributed by atoms with Crippen LogP contribution < -0.4 is 16.8 Å². The number of benzene rings is 2.